The second-order valence-corrected chi connectivity index (χ2v) is 5.22. The van der Waals surface area contributed by atoms with E-state index in [2.05, 4.69) is 42.6 Å². The van der Waals surface area contributed by atoms with Crippen LogP contribution in [0.4, 0.5) is 11.4 Å². The van der Waals surface area contributed by atoms with E-state index >= 15 is 0 Å². The summed E-state index contributed by atoms with van der Waals surface area (Å²) in [5.41, 5.74) is 5.67. The first-order valence-electron chi connectivity index (χ1n) is 7.06. The molecule has 3 aromatic rings. The van der Waals surface area contributed by atoms with Crippen molar-refractivity contribution in [2.45, 2.75) is 6.92 Å². The summed E-state index contributed by atoms with van der Waals surface area (Å²) in [5.74, 6) is 1.74. The Morgan fingerprint density at radius 2 is 1.52 bits per heavy atom. The van der Waals surface area contributed by atoms with E-state index < -0.39 is 0 Å². The summed E-state index contributed by atoms with van der Waals surface area (Å²) < 4.78 is 6.03. The van der Waals surface area contributed by atoms with E-state index in [1.54, 1.807) is 0 Å². The molecule has 3 aromatic carbocycles. The summed E-state index contributed by atoms with van der Waals surface area (Å²) in [5, 5.41) is 3.52. The molecule has 0 bridgehead atoms. The SMILES string of the molecule is Cc1ccc2c(c1-c1ccccc1)Nc1ccccc1O2. The zero-order chi connectivity index (χ0) is 14.2. The highest BCUT2D eigenvalue weighted by atomic mass is 16.5. The Balaban J connectivity index is 1.92. The second kappa shape index (κ2) is 4.67. The van der Waals surface area contributed by atoms with E-state index in [9.17, 15) is 0 Å². The van der Waals surface area contributed by atoms with Gasteiger partial charge in [-0.1, -0.05) is 48.5 Å². The molecule has 1 N–H and O–H groups in total. The Kier molecular flexibility index (Phi) is 2.68. The van der Waals surface area contributed by atoms with Gasteiger partial charge in [0, 0.05) is 5.56 Å². The Bertz CT molecular complexity index is 809. The van der Waals surface area contributed by atoms with Crippen LogP contribution in [-0.4, -0.2) is 0 Å². The third kappa shape index (κ3) is 1.96. The van der Waals surface area contributed by atoms with E-state index in [-0.39, 0.29) is 0 Å². The van der Waals surface area contributed by atoms with Gasteiger partial charge in [0.15, 0.2) is 11.5 Å². The van der Waals surface area contributed by atoms with Crippen LogP contribution in [0.25, 0.3) is 11.1 Å². The van der Waals surface area contributed by atoms with Gasteiger partial charge in [0.25, 0.3) is 0 Å². The van der Waals surface area contributed by atoms with E-state index in [0.29, 0.717) is 0 Å². The molecule has 0 spiro atoms. The Morgan fingerprint density at radius 1 is 0.762 bits per heavy atom. The number of aryl methyl sites for hydroxylation is 1. The lowest BCUT2D eigenvalue weighted by atomic mass is 9.97. The minimum atomic E-state index is 0.868. The van der Waals surface area contributed by atoms with Crippen molar-refractivity contribution in [2.75, 3.05) is 5.32 Å². The van der Waals surface area contributed by atoms with Crippen molar-refractivity contribution in [2.24, 2.45) is 0 Å². The van der Waals surface area contributed by atoms with Gasteiger partial charge in [-0.3, -0.25) is 0 Å². The average molecular weight is 273 g/mol. The number of nitrogens with one attached hydrogen (secondary N) is 1. The van der Waals surface area contributed by atoms with Gasteiger partial charge < -0.3 is 10.1 Å². The van der Waals surface area contributed by atoms with Crippen molar-refractivity contribution < 1.29 is 4.74 Å². The number of para-hydroxylation sites is 2. The number of hydrogen-bond donors (Lipinski definition) is 1. The van der Waals surface area contributed by atoms with Crippen molar-refractivity contribution in [1.82, 2.24) is 0 Å². The first kappa shape index (κ1) is 12.0. The molecular formula is C19H15NO. The zero-order valence-electron chi connectivity index (χ0n) is 11.8. The topological polar surface area (TPSA) is 21.3 Å². The van der Waals surface area contributed by atoms with Crippen LogP contribution in [0, 0.1) is 6.92 Å². The Labute approximate surface area is 124 Å². The number of ether oxygens (including phenoxy) is 1. The first-order chi connectivity index (χ1) is 10.3. The molecule has 2 nitrogen and oxygen atoms in total. The highest BCUT2D eigenvalue weighted by Crippen LogP contribution is 2.47. The maximum absolute atomic E-state index is 6.03. The van der Waals surface area contributed by atoms with Gasteiger partial charge in [-0.15, -0.1) is 0 Å². The number of benzene rings is 3. The molecule has 1 aliphatic rings. The van der Waals surface area contributed by atoms with Crippen molar-refractivity contribution in [1.29, 1.82) is 0 Å². The second-order valence-electron chi connectivity index (χ2n) is 5.22. The number of fused-ring (bicyclic) bond motifs is 2. The van der Waals surface area contributed by atoms with Crippen molar-refractivity contribution in [3.05, 3.63) is 72.3 Å². The third-order valence-electron chi connectivity index (χ3n) is 3.80. The molecule has 0 amide bonds. The molecule has 0 saturated heterocycles. The van der Waals surface area contributed by atoms with Gasteiger partial charge in [-0.25, -0.2) is 0 Å². The standard InChI is InChI=1S/C19H15NO/c1-13-11-12-17-19(18(13)14-7-3-2-4-8-14)20-15-9-5-6-10-16(15)21-17/h2-12,20H,1H3. The minimum absolute atomic E-state index is 0.868. The molecule has 0 aliphatic carbocycles. The number of rotatable bonds is 1. The van der Waals surface area contributed by atoms with Gasteiger partial charge in [0.1, 0.15) is 0 Å². The van der Waals surface area contributed by atoms with Gasteiger partial charge in [-0.2, -0.15) is 0 Å². The average Bonchev–Trinajstić information content (AvgIpc) is 2.54. The zero-order valence-corrected chi connectivity index (χ0v) is 11.8. The van der Waals surface area contributed by atoms with E-state index in [4.69, 9.17) is 4.74 Å². The molecule has 102 valence electrons. The molecular weight excluding hydrogens is 258 g/mol. The summed E-state index contributed by atoms with van der Waals surface area (Å²) in [4.78, 5) is 0. The molecule has 0 fully saturated rings. The quantitative estimate of drug-likeness (QED) is 0.493. The van der Waals surface area contributed by atoms with Crippen molar-refractivity contribution in [3.63, 3.8) is 0 Å². The van der Waals surface area contributed by atoms with Crippen LogP contribution in [0.5, 0.6) is 11.5 Å². The molecule has 0 atom stereocenters. The van der Waals surface area contributed by atoms with Crippen LogP contribution in [0.1, 0.15) is 5.56 Å². The fourth-order valence-electron chi connectivity index (χ4n) is 2.79. The molecule has 1 aliphatic heterocycles. The van der Waals surface area contributed by atoms with Gasteiger partial charge in [0.05, 0.1) is 11.4 Å². The maximum atomic E-state index is 6.03. The molecule has 1 heterocycles. The predicted octanol–water partition coefficient (Wildman–Crippen LogP) is 5.51. The van der Waals surface area contributed by atoms with E-state index in [0.717, 1.165) is 22.9 Å². The van der Waals surface area contributed by atoms with E-state index in [1.807, 2.05) is 36.4 Å². The fraction of sp³-hybridized carbons (Fsp3) is 0.0526. The van der Waals surface area contributed by atoms with E-state index in [1.165, 1.54) is 16.7 Å². The lowest BCUT2D eigenvalue weighted by Gasteiger charge is -2.25. The van der Waals surface area contributed by atoms with Crippen molar-refractivity contribution in [3.8, 4) is 22.6 Å². The van der Waals surface area contributed by atoms with Gasteiger partial charge in [0.2, 0.25) is 0 Å². The first-order valence-corrected chi connectivity index (χ1v) is 7.06. The van der Waals surface area contributed by atoms with Crippen LogP contribution in [0.2, 0.25) is 0 Å². The molecule has 2 heteroatoms. The normalized spacial score (nSPS) is 11.9. The smallest absolute Gasteiger partial charge is 0.151 e. The lowest BCUT2D eigenvalue weighted by Crippen LogP contribution is -2.05. The summed E-state index contributed by atoms with van der Waals surface area (Å²) in [7, 11) is 0. The van der Waals surface area contributed by atoms with Gasteiger partial charge >= 0.3 is 0 Å². The summed E-state index contributed by atoms with van der Waals surface area (Å²) >= 11 is 0. The minimum Gasteiger partial charge on any atom is -0.453 e. The van der Waals surface area contributed by atoms with Crippen LogP contribution in [-0.2, 0) is 0 Å². The Morgan fingerprint density at radius 3 is 2.38 bits per heavy atom. The predicted molar refractivity (Wildman–Crippen MR) is 86.4 cm³/mol. The Hall–Kier alpha value is -2.74. The molecule has 21 heavy (non-hydrogen) atoms. The summed E-state index contributed by atoms with van der Waals surface area (Å²) in [6.45, 7) is 2.13. The van der Waals surface area contributed by atoms with Gasteiger partial charge in [-0.05, 0) is 36.2 Å². The summed E-state index contributed by atoms with van der Waals surface area (Å²) in [6.07, 6.45) is 0. The highest BCUT2D eigenvalue weighted by molar-refractivity contribution is 5.90. The molecule has 0 aromatic heterocycles. The third-order valence-corrected chi connectivity index (χ3v) is 3.80. The van der Waals surface area contributed by atoms with Crippen molar-refractivity contribution >= 4 is 11.4 Å². The van der Waals surface area contributed by atoms with Crippen LogP contribution in [0.3, 0.4) is 0 Å². The fourth-order valence-corrected chi connectivity index (χ4v) is 2.79. The van der Waals surface area contributed by atoms with Crippen LogP contribution in [0.15, 0.2) is 66.7 Å². The largest absolute Gasteiger partial charge is 0.453 e. The molecule has 0 unspecified atom stereocenters. The molecule has 0 saturated carbocycles. The lowest BCUT2D eigenvalue weighted by molar-refractivity contribution is 0.481. The molecule has 4 rings (SSSR count). The number of anilines is 2. The highest BCUT2D eigenvalue weighted by Gasteiger charge is 2.20. The number of hydrogen-bond acceptors (Lipinski definition) is 2. The maximum Gasteiger partial charge on any atom is 0.151 e. The summed E-state index contributed by atoms with van der Waals surface area (Å²) in [6, 6.07) is 22.6. The molecule has 0 radical (unpaired) electrons. The van der Waals surface area contributed by atoms with Crippen LogP contribution < -0.4 is 10.1 Å². The van der Waals surface area contributed by atoms with Crippen LogP contribution >= 0.6 is 0 Å². The monoisotopic (exact) mass is 273 g/mol.